The molecule has 3 aromatic rings. The van der Waals surface area contributed by atoms with Gasteiger partial charge in [-0.15, -0.1) is 5.73 Å². The van der Waals surface area contributed by atoms with E-state index in [2.05, 4.69) is 122 Å². The van der Waals surface area contributed by atoms with E-state index >= 15 is 0 Å². The van der Waals surface area contributed by atoms with Crippen LogP contribution in [0.15, 0.2) is 78.2 Å². The highest BCUT2D eigenvalue weighted by molar-refractivity contribution is 5.94. The Hall–Kier alpha value is -3.16. The fraction of sp³-hybridized carbons (Fsp3) is 0.345. The second-order valence-electron chi connectivity index (χ2n) is 9.37. The van der Waals surface area contributed by atoms with Crippen LogP contribution in [0.25, 0.3) is 10.8 Å². The zero-order valence-electron chi connectivity index (χ0n) is 19.9. The minimum absolute atomic E-state index is 0.0346. The number of nitrogens with zero attached hydrogens (tertiary/aromatic N) is 3. The number of likely N-dealkylation sites (N-methyl/N-ethyl adjacent to an activating group) is 1. The lowest BCUT2D eigenvalue weighted by Gasteiger charge is -2.31. The second kappa shape index (κ2) is 7.76. The van der Waals surface area contributed by atoms with Crippen LogP contribution in [-0.2, 0) is 5.41 Å². The minimum Gasteiger partial charge on any atom is -0.349 e. The summed E-state index contributed by atoms with van der Waals surface area (Å²) in [4.78, 5) is 7.40. The Morgan fingerprint density at radius 3 is 1.97 bits per heavy atom. The summed E-state index contributed by atoms with van der Waals surface area (Å²) in [5.74, 6) is 0. The Bertz CT molecular complexity index is 1180. The van der Waals surface area contributed by atoms with Gasteiger partial charge in [0.2, 0.25) is 0 Å². The lowest BCUT2D eigenvalue weighted by atomic mass is 9.84. The van der Waals surface area contributed by atoms with E-state index in [1.54, 1.807) is 0 Å². The number of hydrogen-bond acceptors (Lipinski definition) is 3. The molecule has 2 aliphatic heterocycles. The zero-order valence-corrected chi connectivity index (χ0v) is 19.9. The molecule has 0 aliphatic carbocycles. The topological polar surface area (TPSA) is 9.72 Å². The predicted octanol–water partition coefficient (Wildman–Crippen LogP) is 6.69. The van der Waals surface area contributed by atoms with Crippen molar-refractivity contribution in [1.29, 1.82) is 0 Å². The van der Waals surface area contributed by atoms with Crippen molar-refractivity contribution in [1.82, 2.24) is 0 Å². The summed E-state index contributed by atoms with van der Waals surface area (Å²) < 4.78 is 0. The van der Waals surface area contributed by atoms with Crippen molar-refractivity contribution in [3.8, 4) is 0 Å². The van der Waals surface area contributed by atoms with Gasteiger partial charge in [0.25, 0.3) is 0 Å². The fourth-order valence-corrected chi connectivity index (χ4v) is 5.68. The largest absolute Gasteiger partial charge is 0.349 e. The summed E-state index contributed by atoms with van der Waals surface area (Å²) in [6, 6.07) is 22.1. The molecular weight excluding hydrogens is 390 g/mol. The van der Waals surface area contributed by atoms with Crippen molar-refractivity contribution in [2.24, 2.45) is 0 Å². The molecule has 3 aromatic carbocycles. The van der Waals surface area contributed by atoms with Crippen molar-refractivity contribution < 1.29 is 0 Å². The molecular formula is C29H33N3. The van der Waals surface area contributed by atoms with Gasteiger partial charge in [0.15, 0.2) is 0 Å². The maximum Gasteiger partial charge on any atom is 0.106 e. The van der Waals surface area contributed by atoms with Crippen LogP contribution in [0.3, 0.4) is 0 Å². The third-order valence-electron chi connectivity index (χ3n) is 7.30. The SMILES string of the molecule is CCN1c2cc3ccccc3cc2N(CC)C1CC=C=C1N(C)c2ccccc2C1(C)C. The van der Waals surface area contributed by atoms with Crippen molar-refractivity contribution in [2.75, 3.05) is 34.8 Å². The molecule has 0 amide bonds. The van der Waals surface area contributed by atoms with Crippen LogP contribution in [0.4, 0.5) is 17.1 Å². The highest BCUT2D eigenvalue weighted by atomic mass is 15.4. The molecule has 3 heteroatoms. The molecule has 0 atom stereocenters. The second-order valence-corrected chi connectivity index (χ2v) is 9.37. The first-order valence-electron chi connectivity index (χ1n) is 11.8. The molecule has 0 unspecified atom stereocenters. The van der Waals surface area contributed by atoms with Crippen LogP contribution in [-0.4, -0.2) is 26.3 Å². The molecule has 0 bridgehead atoms. The van der Waals surface area contributed by atoms with Crippen LogP contribution >= 0.6 is 0 Å². The Kier molecular flexibility index (Phi) is 5.03. The van der Waals surface area contributed by atoms with Gasteiger partial charge in [-0.05, 0) is 68.3 Å². The first-order chi connectivity index (χ1) is 15.5. The third-order valence-corrected chi connectivity index (χ3v) is 7.30. The van der Waals surface area contributed by atoms with E-state index in [-0.39, 0.29) is 5.41 Å². The van der Waals surface area contributed by atoms with E-state index in [1.165, 1.54) is 39.1 Å². The Labute approximate surface area is 192 Å². The van der Waals surface area contributed by atoms with Crippen LogP contribution in [0.1, 0.15) is 39.7 Å². The smallest absolute Gasteiger partial charge is 0.106 e. The summed E-state index contributed by atoms with van der Waals surface area (Å²) in [6.45, 7) is 11.1. The van der Waals surface area contributed by atoms with Crippen molar-refractivity contribution >= 4 is 27.8 Å². The normalized spacial score (nSPS) is 17.0. The quantitative estimate of drug-likeness (QED) is 0.433. The van der Waals surface area contributed by atoms with Crippen LogP contribution in [0, 0.1) is 0 Å². The van der Waals surface area contributed by atoms with Gasteiger partial charge in [0, 0.05) is 37.7 Å². The molecule has 0 N–H and O–H groups in total. The maximum atomic E-state index is 3.71. The lowest BCUT2D eigenvalue weighted by molar-refractivity contribution is 0.602. The van der Waals surface area contributed by atoms with E-state index in [1.807, 2.05) is 0 Å². The van der Waals surface area contributed by atoms with Crippen LogP contribution in [0.2, 0.25) is 0 Å². The van der Waals surface area contributed by atoms with Gasteiger partial charge < -0.3 is 14.7 Å². The van der Waals surface area contributed by atoms with Gasteiger partial charge in [-0.25, -0.2) is 0 Å². The maximum absolute atomic E-state index is 3.71. The molecule has 2 heterocycles. The molecule has 0 saturated heterocycles. The van der Waals surface area contributed by atoms with Gasteiger partial charge in [0.1, 0.15) is 6.17 Å². The Balaban J connectivity index is 1.50. The summed E-state index contributed by atoms with van der Waals surface area (Å²) in [7, 11) is 2.16. The van der Waals surface area contributed by atoms with E-state index in [9.17, 15) is 0 Å². The number of rotatable bonds is 4. The highest BCUT2D eigenvalue weighted by Crippen LogP contribution is 2.46. The predicted molar refractivity (Wildman–Crippen MR) is 138 cm³/mol. The van der Waals surface area contributed by atoms with Gasteiger partial charge >= 0.3 is 0 Å². The number of hydrogen-bond donors (Lipinski definition) is 0. The van der Waals surface area contributed by atoms with E-state index in [0.717, 1.165) is 19.5 Å². The monoisotopic (exact) mass is 423 g/mol. The minimum atomic E-state index is -0.0346. The molecule has 0 aromatic heterocycles. The van der Waals surface area contributed by atoms with Crippen molar-refractivity contribution in [2.45, 2.75) is 45.7 Å². The number of benzene rings is 3. The zero-order chi connectivity index (χ0) is 22.5. The Morgan fingerprint density at radius 2 is 1.41 bits per heavy atom. The van der Waals surface area contributed by atoms with Crippen LogP contribution in [0.5, 0.6) is 0 Å². The fourth-order valence-electron chi connectivity index (χ4n) is 5.68. The van der Waals surface area contributed by atoms with E-state index in [0.29, 0.717) is 6.17 Å². The van der Waals surface area contributed by atoms with Gasteiger partial charge in [-0.3, -0.25) is 0 Å². The summed E-state index contributed by atoms with van der Waals surface area (Å²) >= 11 is 0. The average Bonchev–Trinajstić information content (AvgIpc) is 3.20. The molecule has 5 rings (SSSR count). The van der Waals surface area contributed by atoms with Gasteiger partial charge in [-0.2, -0.15) is 0 Å². The molecule has 0 fully saturated rings. The van der Waals surface area contributed by atoms with E-state index in [4.69, 9.17) is 0 Å². The lowest BCUT2D eigenvalue weighted by Crippen LogP contribution is -2.42. The van der Waals surface area contributed by atoms with Crippen molar-refractivity contribution in [3.05, 3.63) is 83.7 Å². The molecule has 32 heavy (non-hydrogen) atoms. The molecule has 2 aliphatic rings. The van der Waals surface area contributed by atoms with Crippen molar-refractivity contribution in [3.63, 3.8) is 0 Å². The first kappa shape index (κ1) is 20.7. The Morgan fingerprint density at radius 1 is 0.844 bits per heavy atom. The number of para-hydroxylation sites is 1. The number of anilines is 3. The molecule has 3 nitrogen and oxygen atoms in total. The summed E-state index contributed by atoms with van der Waals surface area (Å²) in [5, 5.41) is 2.62. The third kappa shape index (κ3) is 3.04. The van der Waals surface area contributed by atoms with Crippen LogP contribution < -0.4 is 14.7 Å². The summed E-state index contributed by atoms with van der Waals surface area (Å²) in [5.41, 5.74) is 10.3. The summed E-state index contributed by atoms with van der Waals surface area (Å²) in [6.07, 6.45) is 3.53. The molecule has 0 radical (unpaired) electrons. The average molecular weight is 424 g/mol. The molecule has 0 saturated carbocycles. The molecule has 0 spiro atoms. The van der Waals surface area contributed by atoms with Gasteiger partial charge in [-0.1, -0.05) is 42.5 Å². The molecule has 164 valence electrons. The standard InChI is InChI=1S/C29H33N3/c1-6-31-25-19-21-13-8-9-14-22(21)20-26(25)32(7-2)28(31)18-12-17-27-29(3,4)23-15-10-11-16-24(23)30(27)5/h8-16,19-20,28H,6-7,18H2,1-5H3. The van der Waals surface area contributed by atoms with E-state index < -0.39 is 0 Å². The number of fused-ring (bicyclic) bond motifs is 3. The van der Waals surface area contributed by atoms with Gasteiger partial charge in [0.05, 0.1) is 17.1 Å². The first-order valence-corrected chi connectivity index (χ1v) is 11.8. The highest BCUT2D eigenvalue weighted by Gasteiger charge is 2.38.